The van der Waals surface area contributed by atoms with Crippen LogP contribution in [0.5, 0.6) is 0 Å². The molecular weight excluding hydrogens is 278 g/mol. The molecule has 0 spiro atoms. The van der Waals surface area contributed by atoms with Gasteiger partial charge in [0.1, 0.15) is 6.61 Å². The number of nitrogens with zero attached hydrogens (tertiary/aromatic N) is 2. The van der Waals surface area contributed by atoms with Crippen LogP contribution < -0.4 is 5.73 Å². The summed E-state index contributed by atoms with van der Waals surface area (Å²) in [6.07, 6.45) is 3.07. The molecular formula is C17H25N3O2. The predicted molar refractivity (Wildman–Crippen MR) is 85.4 cm³/mol. The molecule has 0 bridgehead atoms. The number of carbonyl (C=O) groups is 1. The molecule has 22 heavy (non-hydrogen) atoms. The van der Waals surface area contributed by atoms with Crippen molar-refractivity contribution < 1.29 is 9.53 Å². The fourth-order valence-electron chi connectivity index (χ4n) is 3.17. The van der Waals surface area contributed by atoms with E-state index in [9.17, 15) is 4.79 Å². The van der Waals surface area contributed by atoms with Crippen LogP contribution in [0.4, 0.5) is 4.79 Å². The fourth-order valence-corrected chi connectivity index (χ4v) is 3.17. The molecule has 1 aromatic rings. The first-order valence-corrected chi connectivity index (χ1v) is 8.19. The molecule has 1 aliphatic heterocycles. The van der Waals surface area contributed by atoms with Crippen molar-refractivity contribution in [3.8, 4) is 0 Å². The Labute approximate surface area is 132 Å². The van der Waals surface area contributed by atoms with Gasteiger partial charge in [-0.15, -0.1) is 0 Å². The van der Waals surface area contributed by atoms with Crippen molar-refractivity contribution in [2.45, 2.75) is 38.0 Å². The number of amides is 1. The number of carbonyl (C=O) groups excluding carboxylic acids is 1. The Balaban J connectivity index is 1.56. The smallest absolute Gasteiger partial charge is 0.410 e. The Bertz CT molecular complexity index is 490. The Hall–Kier alpha value is -1.59. The van der Waals surface area contributed by atoms with Crippen LogP contribution in [0.25, 0.3) is 0 Å². The normalized spacial score (nSPS) is 21.8. The van der Waals surface area contributed by atoms with Crippen LogP contribution in [0.3, 0.4) is 0 Å². The van der Waals surface area contributed by atoms with Gasteiger partial charge in [0.2, 0.25) is 0 Å². The monoisotopic (exact) mass is 303 g/mol. The number of hydrogen-bond donors (Lipinski definition) is 1. The van der Waals surface area contributed by atoms with Crippen molar-refractivity contribution in [2.24, 2.45) is 5.73 Å². The lowest BCUT2D eigenvalue weighted by atomic mass is 10.2. The first kappa shape index (κ1) is 15.3. The molecule has 5 nitrogen and oxygen atoms in total. The molecule has 1 atom stereocenters. The van der Waals surface area contributed by atoms with E-state index in [1.54, 1.807) is 0 Å². The van der Waals surface area contributed by atoms with E-state index >= 15 is 0 Å². The standard InChI is InChI=1S/C17H25N3O2/c18-9-11-19-10-8-16(12-19)20(15-6-7-15)17(21)22-13-14-4-2-1-3-5-14/h1-5,15-16H,6-13,18H2. The summed E-state index contributed by atoms with van der Waals surface area (Å²) in [6, 6.07) is 10.5. The van der Waals surface area contributed by atoms with Gasteiger partial charge in [0.15, 0.2) is 0 Å². The molecule has 1 unspecified atom stereocenters. The van der Waals surface area contributed by atoms with Gasteiger partial charge in [-0.25, -0.2) is 4.79 Å². The molecule has 2 N–H and O–H groups in total. The maximum absolute atomic E-state index is 12.5. The number of nitrogens with two attached hydrogens (primary N) is 1. The van der Waals surface area contributed by atoms with E-state index < -0.39 is 0 Å². The molecule has 2 aliphatic rings. The van der Waals surface area contributed by atoms with Gasteiger partial charge < -0.3 is 15.4 Å². The zero-order valence-electron chi connectivity index (χ0n) is 13.0. The van der Waals surface area contributed by atoms with Gasteiger partial charge in [-0.2, -0.15) is 0 Å². The number of rotatable bonds is 6. The Morgan fingerprint density at radius 2 is 2.00 bits per heavy atom. The van der Waals surface area contributed by atoms with Crippen LogP contribution in [-0.4, -0.2) is 54.2 Å². The number of benzene rings is 1. The molecule has 5 heteroatoms. The molecule has 0 radical (unpaired) electrons. The maximum atomic E-state index is 12.5. The molecule has 0 aromatic heterocycles. The molecule has 120 valence electrons. The summed E-state index contributed by atoms with van der Waals surface area (Å²) in [5.74, 6) is 0. The summed E-state index contributed by atoms with van der Waals surface area (Å²) in [4.78, 5) is 16.8. The van der Waals surface area contributed by atoms with Gasteiger partial charge in [-0.3, -0.25) is 4.90 Å². The van der Waals surface area contributed by atoms with E-state index in [-0.39, 0.29) is 12.1 Å². The van der Waals surface area contributed by atoms with Gasteiger partial charge in [0, 0.05) is 38.3 Å². The maximum Gasteiger partial charge on any atom is 0.410 e. The minimum absolute atomic E-state index is 0.161. The highest BCUT2D eigenvalue weighted by Crippen LogP contribution is 2.32. The van der Waals surface area contributed by atoms with Gasteiger partial charge in [-0.05, 0) is 24.8 Å². The first-order chi connectivity index (χ1) is 10.8. The van der Waals surface area contributed by atoms with Crippen molar-refractivity contribution in [3.63, 3.8) is 0 Å². The van der Waals surface area contributed by atoms with Crippen molar-refractivity contribution in [1.82, 2.24) is 9.80 Å². The minimum atomic E-state index is -0.161. The summed E-state index contributed by atoms with van der Waals surface area (Å²) < 4.78 is 5.54. The fraction of sp³-hybridized carbons (Fsp3) is 0.588. The summed E-state index contributed by atoms with van der Waals surface area (Å²) in [7, 11) is 0. The van der Waals surface area contributed by atoms with E-state index in [0.717, 1.165) is 44.5 Å². The lowest BCUT2D eigenvalue weighted by molar-refractivity contribution is 0.0779. The Morgan fingerprint density at radius 1 is 1.23 bits per heavy atom. The van der Waals surface area contributed by atoms with Crippen LogP contribution in [0.15, 0.2) is 30.3 Å². The number of likely N-dealkylation sites (tertiary alicyclic amines) is 1. The minimum Gasteiger partial charge on any atom is -0.445 e. The van der Waals surface area contributed by atoms with E-state index in [1.807, 2.05) is 35.2 Å². The van der Waals surface area contributed by atoms with E-state index in [4.69, 9.17) is 10.5 Å². The van der Waals surface area contributed by atoms with Crippen LogP contribution in [0.2, 0.25) is 0 Å². The average Bonchev–Trinajstić information content (AvgIpc) is 3.26. The van der Waals surface area contributed by atoms with Crippen molar-refractivity contribution in [3.05, 3.63) is 35.9 Å². The number of ether oxygens (including phenoxy) is 1. The van der Waals surface area contributed by atoms with E-state index in [2.05, 4.69) is 4.90 Å². The first-order valence-electron chi connectivity index (χ1n) is 8.19. The Morgan fingerprint density at radius 3 is 2.68 bits per heavy atom. The summed E-state index contributed by atoms with van der Waals surface area (Å²) >= 11 is 0. The highest BCUT2D eigenvalue weighted by Gasteiger charge is 2.40. The van der Waals surface area contributed by atoms with Crippen molar-refractivity contribution in [1.29, 1.82) is 0 Å². The predicted octanol–water partition coefficient (Wildman–Crippen LogP) is 1.82. The molecule has 2 fully saturated rings. The zero-order chi connectivity index (χ0) is 15.4. The van der Waals surface area contributed by atoms with Gasteiger partial charge in [-0.1, -0.05) is 30.3 Å². The zero-order valence-corrected chi connectivity index (χ0v) is 13.0. The molecule has 1 aromatic carbocycles. The van der Waals surface area contributed by atoms with E-state index in [1.165, 1.54) is 0 Å². The SMILES string of the molecule is NCCN1CCC(N(C(=O)OCc2ccccc2)C2CC2)C1. The average molecular weight is 303 g/mol. The third-order valence-electron chi connectivity index (χ3n) is 4.44. The van der Waals surface area contributed by atoms with Crippen LogP contribution in [-0.2, 0) is 11.3 Å². The number of hydrogen-bond acceptors (Lipinski definition) is 4. The lowest BCUT2D eigenvalue weighted by Crippen LogP contribution is -2.44. The van der Waals surface area contributed by atoms with Crippen LogP contribution >= 0.6 is 0 Å². The lowest BCUT2D eigenvalue weighted by Gasteiger charge is -2.28. The van der Waals surface area contributed by atoms with Crippen LogP contribution in [0.1, 0.15) is 24.8 Å². The largest absolute Gasteiger partial charge is 0.445 e. The van der Waals surface area contributed by atoms with Crippen molar-refractivity contribution >= 4 is 6.09 Å². The highest BCUT2D eigenvalue weighted by molar-refractivity contribution is 5.69. The second kappa shape index (κ2) is 7.11. The van der Waals surface area contributed by atoms with Gasteiger partial charge in [0.05, 0.1) is 0 Å². The molecule has 1 aliphatic carbocycles. The summed E-state index contributed by atoms with van der Waals surface area (Å²) in [5, 5.41) is 0. The van der Waals surface area contributed by atoms with E-state index in [0.29, 0.717) is 19.2 Å². The second-order valence-corrected chi connectivity index (χ2v) is 6.21. The quantitative estimate of drug-likeness (QED) is 0.871. The molecule has 3 rings (SSSR count). The molecule has 1 heterocycles. The second-order valence-electron chi connectivity index (χ2n) is 6.21. The third kappa shape index (κ3) is 3.78. The van der Waals surface area contributed by atoms with Crippen molar-refractivity contribution in [2.75, 3.05) is 26.2 Å². The molecule has 1 saturated carbocycles. The molecule has 1 amide bonds. The topological polar surface area (TPSA) is 58.8 Å². The summed E-state index contributed by atoms with van der Waals surface area (Å²) in [6.45, 7) is 3.88. The highest BCUT2D eigenvalue weighted by atomic mass is 16.6. The van der Waals surface area contributed by atoms with Gasteiger partial charge >= 0.3 is 6.09 Å². The van der Waals surface area contributed by atoms with Crippen LogP contribution in [0, 0.1) is 0 Å². The molecule has 1 saturated heterocycles. The van der Waals surface area contributed by atoms with Gasteiger partial charge in [0.25, 0.3) is 0 Å². The third-order valence-corrected chi connectivity index (χ3v) is 4.44. The Kier molecular flexibility index (Phi) is 4.95. The summed E-state index contributed by atoms with van der Waals surface area (Å²) in [5.41, 5.74) is 6.66.